The first-order chi connectivity index (χ1) is 21.3. The van der Waals surface area contributed by atoms with E-state index in [1.165, 1.54) is 25.7 Å². The van der Waals surface area contributed by atoms with Gasteiger partial charge >= 0.3 is 6.01 Å². The Morgan fingerprint density at radius 3 is 2.57 bits per heavy atom. The molecule has 4 aliphatic rings. The van der Waals surface area contributed by atoms with Gasteiger partial charge in [-0.3, -0.25) is 9.88 Å². The maximum atomic E-state index is 16.0. The van der Waals surface area contributed by atoms with Crippen LogP contribution in [-0.4, -0.2) is 83.6 Å². The molecule has 2 aliphatic carbocycles. The molecule has 0 unspecified atom stereocenters. The second kappa shape index (κ2) is 13.8. The predicted octanol–water partition coefficient (Wildman–Crippen LogP) is 6.52. The highest BCUT2D eigenvalue weighted by molar-refractivity contribution is 6.30. The molecule has 2 saturated carbocycles. The monoisotopic (exact) mass is 625 g/mol. The van der Waals surface area contributed by atoms with E-state index in [2.05, 4.69) is 14.9 Å². The van der Waals surface area contributed by atoms with E-state index in [9.17, 15) is 5.11 Å². The Morgan fingerprint density at radius 1 is 1.14 bits per heavy atom. The van der Waals surface area contributed by atoms with Gasteiger partial charge in [-0.25, -0.2) is 4.39 Å². The van der Waals surface area contributed by atoms with E-state index < -0.39 is 5.82 Å². The molecule has 2 saturated heterocycles. The zero-order valence-electron chi connectivity index (χ0n) is 26.0. The molecular weight excluding hydrogens is 581 g/mol. The Morgan fingerprint density at radius 2 is 1.91 bits per heavy atom. The average Bonchev–Trinajstić information content (AvgIpc) is 3.59. The van der Waals surface area contributed by atoms with Gasteiger partial charge < -0.3 is 19.5 Å². The third-order valence-corrected chi connectivity index (χ3v) is 10.0. The summed E-state index contributed by atoms with van der Waals surface area (Å²) < 4.78 is 27.1. The van der Waals surface area contributed by atoms with Gasteiger partial charge in [0.05, 0.1) is 17.0 Å². The molecule has 1 N–H and O–H groups in total. The Bertz CT molecular complexity index is 1420. The molecule has 2 aromatic heterocycles. The molecular formula is C34H45ClFN5O3. The fraction of sp³-hybridized carbons (Fsp3) is 0.618. The summed E-state index contributed by atoms with van der Waals surface area (Å²) in [6, 6.07) is 7.24. The minimum Gasteiger partial charge on any atom is -0.461 e. The summed E-state index contributed by atoms with van der Waals surface area (Å²) in [5.41, 5.74) is 1.05. The van der Waals surface area contributed by atoms with Crippen LogP contribution in [0.25, 0.3) is 22.2 Å². The second-order valence-electron chi connectivity index (χ2n) is 13.2. The number of halogens is 2. The van der Waals surface area contributed by atoms with Gasteiger partial charge in [-0.05, 0) is 101 Å². The molecule has 10 heteroatoms. The van der Waals surface area contributed by atoms with Crippen molar-refractivity contribution < 1.29 is 19.0 Å². The number of hydrogen-bond donors (Lipinski definition) is 1. The van der Waals surface area contributed by atoms with Crippen molar-refractivity contribution in [1.82, 2.24) is 19.9 Å². The van der Waals surface area contributed by atoms with Gasteiger partial charge in [-0.15, -0.1) is 0 Å². The lowest BCUT2D eigenvalue weighted by Gasteiger charge is -2.32. The fourth-order valence-electron chi connectivity index (χ4n) is 7.05. The smallest absolute Gasteiger partial charge is 0.319 e. The van der Waals surface area contributed by atoms with Crippen molar-refractivity contribution in [1.29, 1.82) is 0 Å². The van der Waals surface area contributed by atoms with Crippen LogP contribution in [0.5, 0.6) is 6.01 Å². The number of pyridine rings is 1. The standard InChI is InChI=1S/C29H35ClFN5O2.C5H10O/c1-35(11-3-6-19-14-22(37)15-19)27-23-17-32-25(20-7-2-8-21(30)16-20)24(31)26(23)33-28(34-27)38-18-29-9-4-12-36(29)13-5-10-29;1-6-4-5-2-3-5/h2,7-8,16-17,19,22,37H,3-6,9-15,18H2,1H3;5H,2-4H2,1H3. The predicted molar refractivity (Wildman–Crippen MR) is 172 cm³/mol. The third kappa shape index (κ3) is 7.11. The van der Waals surface area contributed by atoms with E-state index in [1.54, 1.807) is 37.6 Å². The zero-order valence-corrected chi connectivity index (χ0v) is 26.7. The minimum atomic E-state index is -0.503. The molecule has 44 heavy (non-hydrogen) atoms. The molecule has 2 aliphatic heterocycles. The van der Waals surface area contributed by atoms with E-state index in [4.69, 9.17) is 26.1 Å². The number of aliphatic hydroxyl groups excluding tert-OH is 1. The van der Waals surface area contributed by atoms with Crippen LogP contribution in [0.4, 0.5) is 10.2 Å². The normalized spacial score (nSPS) is 22.3. The van der Waals surface area contributed by atoms with Gasteiger partial charge in [-0.2, -0.15) is 9.97 Å². The topological polar surface area (TPSA) is 83.8 Å². The number of rotatable bonds is 11. The van der Waals surface area contributed by atoms with Crippen LogP contribution in [0.3, 0.4) is 0 Å². The molecule has 4 fully saturated rings. The molecule has 8 nitrogen and oxygen atoms in total. The van der Waals surface area contributed by atoms with Crippen LogP contribution in [-0.2, 0) is 4.74 Å². The summed E-state index contributed by atoms with van der Waals surface area (Å²) in [5, 5.41) is 10.7. The number of ether oxygens (including phenoxy) is 2. The van der Waals surface area contributed by atoms with E-state index in [0.717, 1.165) is 70.7 Å². The highest BCUT2D eigenvalue weighted by Crippen LogP contribution is 2.40. The number of hydrogen-bond acceptors (Lipinski definition) is 8. The Hall–Kier alpha value is -2.59. The fourth-order valence-corrected chi connectivity index (χ4v) is 7.24. The molecule has 0 atom stereocenters. The SMILES string of the molecule is CN(CCCC1CC(O)C1)c1nc(OCC23CCCN2CCC3)nc2c(F)c(-c3cccc(Cl)c3)ncc12.COCC1CC1. The van der Waals surface area contributed by atoms with Gasteiger partial charge in [0.2, 0.25) is 0 Å². The Balaban J connectivity index is 0.000000513. The lowest BCUT2D eigenvalue weighted by Crippen LogP contribution is -2.43. The molecule has 0 bridgehead atoms. The van der Waals surface area contributed by atoms with E-state index in [0.29, 0.717) is 34.3 Å². The first-order valence-corrected chi connectivity index (χ1v) is 16.6. The zero-order chi connectivity index (χ0) is 30.7. The summed E-state index contributed by atoms with van der Waals surface area (Å²) >= 11 is 6.18. The summed E-state index contributed by atoms with van der Waals surface area (Å²) in [6.07, 6.45) is 12.7. The first kappa shape index (κ1) is 31.4. The lowest BCUT2D eigenvalue weighted by atomic mass is 9.79. The van der Waals surface area contributed by atoms with Crippen molar-refractivity contribution in [3.05, 3.63) is 41.3 Å². The molecule has 4 heterocycles. The average molecular weight is 626 g/mol. The van der Waals surface area contributed by atoms with Crippen molar-refractivity contribution >= 4 is 28.3 Å². The van der Waals surface area contributed by atoms with Crippen LogP contribution in [0, 0.1) is 17.7 Å². The van der Waals surface area contributed by atoms with Crippen LogP contribution in [0.1, 0.15) is 64.2 Å². The molecule has 3 aromatic rings. The molecule has 0 spiro atoms. The van der Waals surface area contributed by atoms with E-state index in [-0.39, 0.29) is 28.9 Å². The lowest BCUT2D eigenvalue weighted by molar-refractivity contribution is 0.0386. The van der Waals surface area contributed by atoms with Crippen molar-refractivity contribution in [3.63, 3.8) is 0 Å². The summed E-state index contributed by atoms with van der Waals surface area (Å²) in [4.78, 5) is 18.4. The van der Waals surface area contributed by atoms with Crippen LogP contribution >= 0.6 is 11.6 Å². The number of aliphatic hydroxyl groups is 1. The van der Waals surface area contributed by atoms with Gasteiger partial charge in [0.25, 0.3) is 0 Å². The second-order valence-corrected chi connectivity index (χ2v) is 13.6. The summed E-state index contributed by atoms with van der Waals surface area (Å²) in [6.45, 7) is 4.47. The van der Waals surface area contributed by atoms with Gasteiger partial charge in [0, 0.05) is 44.1 Å². The van der Waals surface area contributed by atoms with Crippen molar-refractivity contribution in [2.75, 3.05) is 51.9 Å². The third-order valence-electron chi connectivity index (χ3n) is 9.80. The summed E-state index contributed by atoms with van der Waals surface area (Å²) in [5.74, 6) is 1.63. The Labute approximate surface area is 264 Å². The maximum Gasteiger partial charge on any atom is 0.319 e. The van der Waals surface area contributed by atoms with Gasteiger partial charge in [0.1, 0.15) is 23.6 Å². The molecule has 0 radical (unpaired) electrons. The number of anilines is 1. The van der Waals surface area contributed by atoms with Crippen molar-refractivity contribution in [2.24, 2.45) is 11.8 Å². The van der Waals surface area contributed by atoms with Gasteiger partial charge in [0.15, 0.2) is 5.82 Å². The highest BCUT2D eigenvalue weighted by Gasteiger charge is 2.45. The first-order valence-electron chi connectivity index (χ1n) is 16.2. The van der Waals surface area contributed by atoms with Crippen LogP contribution in [0.2, 0.25) is 5.02 Å². The van der Waals surface area contributed by atoms with E-state index >= 15 is 4.39 Å². The quantitative estimate of drug-likeness (QED) is 0.258. The van der Waals surface area contributed by atoms with Crippen LogP contribution < -0.4 is 9.64 Å². The minimum absolute atomic E-state index is 0.0421. The number of fused-ring (bicyclic) bond motifs is 2. The number of nitrogens with zero attached hydrogens (tertiary/aromatic N) is 5. The molecule has 238 valence electrons. The number of aromatic nitrogens is 3. The number of benzene rings is 1. The van der Waals surface area contributed by atoms with Crippen LogP contribution in [0.15, 0.2) is 30.5 Å². The molecule has 0 amide bonds. The summed E-state index contributed by atoms with van der Waals surface area (Å²) in [7, 11) is 3.73. The molecule has 1 aromatic carbocycles. The van der Waals surface area contributed by atoms with E-state index in [1.807, 2.05) is 11.9 Å². The number of methoxy groups -OCH3 is 1. The molecule has 7 rings (SSSR count). The maximum absolute atomic E-state index is 16.0. The largest absolute Gasteiger partial charge is 0.461 e. The highest BCUT2D eigenvalue weighted by atomic mass is 35.5. The van der Waals surface area contributed by atoms with Crippen molar-refractivity contribution in [3.8, 4) is 17.3 Å². The van der Waals surface area contributed by atoms with Gasteiger partial charge in [-0.1, -0.05) is 23.7 Å². The van der Waals surface area contributed by atoms with Crippen molar-refractivity contribution in [2.45, 2.75) is 75.9 Å². The Kier molecular flexibility index (Phi) is 9.86.